The Bertz CT molecular complexity index is 315. The average molecular weight is 191 g/mol. The molecule has 2 rings (SSSR count). The summed E-state index contributed by atoms with van der Waals surface area (Å²) in [6.07, 6.45) is 1.85. The van der Waals surface area contributed by atoms with E-state index in [1.165, 1.54) is 11.1 Å². The van der Waals surface area contributed by atoms with Gasteiger partial charge in [0.2, 0.25) is 0 Å². The van der Waals surface area contributed by atoms with Crippen molar-refractivity contribution in [1.82, 2.24) is 0 Å². The molecule has 0 bridgehead atoms. The zero-order valence-electron chi connectivity index (χ0n) is 8.75. The first-order valence-corrected chi connectivity index (χ1v) is 5.18. The zero-order chi connectivity index (χ0) is 10.1. The number of aryl methyl sites for hydroxylation is 2. The van der Waals surface area contributed by atoms with Crippen LogP contribution in [-0.2, 0) is 0 Å². The molecule has 2 heteroatoms. The van der Waals surface area contributed by atoms with Crippen molar-refractivity contribution in [1.29, 1.82) is 0 Å². The minimum atomic E-state index is -0.157. The number of nitrogens with one attached hydrogen (secondary N) is 1. The Morgan fingerprint density at radius 3 is 2.21 bits per heavy atom. The number of hydrogen-bond donors (Lipinski definition) is 2. The Morgan fingerprint density at radius 2 is 1.79 bits per heavy atom. The van der Waals surface area contributed by atoms with E-state index in [1.54, 1.807) is 0 Å². The molecule has 76 valence electrons. The lowest BCUT2D eigenvalue weighted by Crippen LogP contribution is -2.42. The smallest absolute Gasteiger partial charge is 0.0741 e. The van der Waals surface area contributed by atoms with Crippen LogP contribution in [0.4, 0.5) is 5.69 Å². The molecule has 2 nitrogen and oxygen atoms in total. The maximum absolute atomic E-state index is 9.45. The maximum atomic E-state index is 9.45. The number of benzene rings is 1. The van der Waals surface area contributed by atoms with Gasteiger partial charge < -0.3 is 10.4 Å². The number of rotatable bonds is 2. The lowest BCUT2D eigenvalue weighted by atomic mass is 9.89. The van der Waals surface area contributed by atoms with E-state index in [2.05, 4.69) is 37.4 Å². The van der Waals surface area contributed by atoms with Crippen molar-refractivity contribution in [3.63, 3.8) is 0 Å². The van der Waals surface area contributed by atoms with Crippen LogP contribution in [0.5, 0.6) is 0 Å². The SMILES string of the molecule is Cc1cc(C)cc(N[C@@H]2CC[C@H]2O)c1. The molecule has 0 radical (unpaired) electrons. The molecular formula is C12H17NO. The molecule has 1 saturated carbocycles. The Balaban J connectivity index is 2.08. The van der Waals surface area contributed by atoms with E-state index in [0.29, 0.717) is 0 Å². The molecule has 2 atom stereocenters. The van der Waals surface area contributed by atoms with E-state index >= 15 is 0 Å². The molecule has 1 aromatic carbocycles. The van der Waals surface area contributed by atoms with Crippen LogP contribution in [0.15, 0.2) is 18.2 Å². The van der Waals surface area contributed by atoms with Crippen LogP contribution in [0, 0.1) is 13.8 Å². The van der Waals surface area contributed by atoms with E-state index < -0.39 is 0 Å². The molecular weight excluding hydrogens is 174 g/mol. The summed E-state index contributed by atoms with van der Waals surface area (Å²) in [5, 5.41) is 12.8. The Labute approximate surface area is 85.0 Å². The van der Waals surface area contributed by atoms with Crippen molar-refractivity contribution < 1.29 is 5.11 Å². The molecule has 1 aliphatic rings. The molecule has 0 saturated heterocycles. The summed E-state index contributed by atoms with van der Waals surface area (Å²) < 4.78 is 0. The first-order valence-electron chi connectivity index (χ1n) is 5.18. The van der Waals surface area contributed by atoms with Gasteiger partial charge in [-0.15, -0.1) is 0 Å². The molecule has 1 aliphatic carbocycles. The normalized spacial score (nSPS) is 25.6. The summed E-state index contributed by atoms with van der Waals surface area (Å²) in [5.41, 5.74) is 3.66. The van der Waals surface area contributed by atoms with Crippen molar-refractivity contribution in [2.45, 2.75) is 38.8 Å². The Hall–Kier alpha value is -1.02. The van der Waals surface area contributed by atoms with Gasteiger partial charge in [-0.3, -0.25) is 0 Å². The van der Waals surface area contributed by atoms with Gasteiger partial charge >= 0.3 is 0 Å². The first kappa shape index (κ1) is 9.53. The standard InChI is InChI=1S/C12H17NO/c1-8-5-9(2)7-10(6-8)13-11-3-4-12(11)14/h5-7,11-14H,3-4H2,1-2H3/t11-,12-/m1/s1. The summed E-state index contributed by atoms with van der Waals surface area (Å²) in [4.78, 5) is 0. The summed E-state index contributed by atoms with van der Waals surface area (Å²) in [6.45, 7) is 4.19. The van der Waals surface area contributed by atoms with Crippen molar-refractivity contribution in [2.24, 2.45) is 0 Å². The van der Waals surface area contributed by atoms with E-state index in [1.807, 2.05) is 0 Å². The topological polar surface area (TPSA) is 32.3 Å². The molecule has 0 aliphatic heterocycles. The van der Waals surface area contributed by atoms with Gasteiger partial charge in [-0.1, -0.05) is 6.07 Å². The van der Waals surface area contributed by atoms with Crippen LogP contribution in [0.25, 0.3) is 0 Å². The summed E-state index contributed by atoms with van der Waals surface area (Å²) in [5.74, 6) is 0. The molecule has 1 fully saturated rings. The third kappa shape index (κ3) is 1.90. The summed E-state index contributed by atoms with van der Waals surface area (Å²) >= 11 is 0. The van der Waals surface area contributed by atoms with E-state index in [-0.39, 0.29) is 12.1 Å². The van der Waals surface area contributed by atoms with Gasteiger partial charge in [0, 0.05) is 5.69 Å². The van der Waals surface area contributed by atoms with Crippen LogP contribution in [-0.4, -0.2) is 17.3 Å². The Morgan fingerprint density at radius 1 is 1.14 bits per heavy atom. The molecule has 1 aromatic rings. The van der Waals surface area contributed by atoms with Crippen LogP contribution in [0.3, 0.4) is 0 Å². The van der Waals surface area contributed by atoms with Crippen molar-refractivity contribution in [3.05, 3.63) is 29.3 Å². The van der Waals surface area contributed by atoms with Gasteiger partial charge in [0.15, 0.2) is 0 Å². The second-order valence-electron chi connectivity index (χ2n) is 4.27. The van der Waals surface area contributed by atoms with Crippen LogP contribution >= 0.6 is 0 Å². The minimum absolute atomic E-state index is 0.157. The number of aliphatic hydroxyl groups is 1. The second kappa shape index (κ2) is 3.62. The van der Waals surface area contributed by atoms with Crippen LogP contribution < -0.4 is 5.32 Å². The lowest BCUT2D eigenvalue weighted by molar-refractivity contribution is 0.0786. The van der Waals surface area contributed by atoms with Crippen LogP contribution in [0.1, 0.15) is 24.0 Å². The van der Waals surface area contributed by atoms with Gasteiger partial charge in [-0.25, -0.2) is 0 Å². The highest BCUT2D eigenvalue weighted by molar-refractivity contribution is 5.49. The average Bonchev–Trinajstić information content (AvgIpc) is 2.10. The molecule has 0 aromatic heterocycles. The Kier molecular flexibility index (Phi) is 2.46. The van der Waals surface area contributed by atoms with Crippen molar-refractivity contribution in [2.75, 3.05) is 5.32 Å². The summed E-state index contributed by atoms with van der Waals surface area (Å²) in [6, 6.07) is 6.66. The largest absolute Gasteiger partial charge is 0.391 e. The highest BCUT2D eigenvalue weighted by Crippen LogP contribution is 2.24. The first-order chi connectivity index (χ1) is 6.65. The third-order valence-corrected chi connectivity index (χ3v) is 2.81. The van der Waals surface area contributed by atoms with E-state index in [0.717, 1.165) is 18.5 Å². The zero-order valence-corrected chi connectivity index (χ0v) is 8.75. The van der Waals surface area contributed by atoms with E-state index in [9.17, 15) is 5.11 Å². The summed E-state index contributed by atoms with van der Waals surface area (Å²) in [7, 11) is 0. The lowest BCUT2D eigenvalue weighted by Gasteiger charge is -2.34. The predicted molar refractivity (Wildman–Crippen MR) is 58.6 cm³/mol. The van der Waals surface area contributed by atoms with E-state index in [4.69, 9.17) is 0 Å². The third-order valence-electron chi connectivity index (χ3n) is 2.81. The number of anilines is 1. The number of aliphatic hydroxyl groups excluding tert-OH is 1. The van der Waals surface area contributed by atoms with Gasteiger partial charge in [-0.05, 0) is 49.9 Å². The highest BCUT2D eigenvalue weighted by atomic mass is 16.3. The molecule has 2 N–H and O–H groups in total. The second-order valence-corrected chi connectivity index (χ2v) is 4.27. The van der Waals surface area contributed by atoms with Gasteiger partial charge in [0.25, 0.3) is 0 Å². The predicted octanol–water partition coefficient (Wildman–Crippen LogP) is 2.24. The maximum Gasteiger partial charge on any atom is 0.0741 e. The fourth-order valence-electron chi connectivity index (χ4n) is 1.92. The minimum Gasteiger partial charge on any atom is -0.391 e. The highest BCUT2D eigenvalue weighted by Gasteiger charge is 2.28. The van der Waals surface area contributed by atoms with Gasteiger partial charge in [-0.2, -0.15) is 0 Å². The molecule has 0 heterocycles. The monoisotopic (exact) mass is 191 g/mol. The quantitative estimate of drug-likeness (QED) is 0.751. The molecule has 14 heavy (non-hydrogen) atoms. The number of hydrogen-bond acceptors (Lipinski definition) is 2. The van der Waals surface area contributed by atoms with Crippen molar-refractivity contribution >= 4 is 5.69 Å². The molecule has 0 spiro atoms. The van der Waals surface area contributed by atoms with Crippen molar-refractivity contribution in [3.8, 4) is 0 Å². The molecule has 0 unspecified atom stereocenters. The fraction of sp³-hybridized carbons (Fsp3) is 0.500. The van der Waals surface area contributed by atoms with Gasteiger partial charge in [0.1, 0.15) is 0 Å². The fourth-order valence-corrected chi connectivity index (χ4v) is 1.92. The molecule has 0 amide bonds. The van der Waals surface area contributed by atoms with Gasteiger partial charge in [0.05, 0.1) is 12.1 Å². The van der Waals surface area contributed by atoms with Crippen LogP contribution in [0.2, 0.25) is 0 Å².